The highest BCUT2D eigenvalue weighted by Crippen LogP contribution is 2.21. The van der Waals surface area contributed by atoms with E-state index in [9.17, 15) is 0 Å². The molecule has 0 unspecified atom stereocenters. The summed E-state index contributed by atoms with van der Waals surface area (Å²) in [5.41, 5.74) is 0. The molecule has 0 aliphatic rings. The maximum absolute atomic E-state index is 4.49. The molecule has 2 aromatic heterocycles. The van der Waals surface area contributed by atoms with E-state index in [2.05, 4.69) is 46.6 Å². The molecule has 3 nitrogen and oxygen atoms in total. The molecular formula is C14H21N3S2. The largest absolute Gasteiger partial charge is 0.349 e. The molecule has 0 saturated carbocycles. The van der Waals surface area contributed by atoms with Gasteiger partial charge in [-0.05, 0) is 31.7 Å². The third-order valence-electron chi connectivity index (χ3n) is 3.00. The molecule has 0 aliphatic heterocycles. The summed E-state index contributed by atoms with van der Waals surface area (Å²) in [5, 5.41) is 6.76. The zero-order valence-electron chi connectivity index (χ0n) is 11.6. The van der Waals surface area contributed by atoms with Crippen molar-refractivity contribution in [3.63, 3.8) is 0 Å². The van der Waals surface area contributed by atoms with Crippen LogP contribution in [0.2, 0.25) is 0 Å². The fourth-order valence-corrected chi connectivity index (χ4v) is 3.61. The molecule has 1 N–H and O–H groups in total. The van der Waals surface area contributed by atoms with Crippen LogP contribution in [0.1, 0.15) is 23.6 Å². The van der Waals surface area contributed by atoms with Gasteiger partial charge in [0.1, 0.15) is 0 Å². The Labute approximate surface area is 123 Å². The maximum Gasteiger partial charge on any atom is 0.185 e. The van der Waals surface area contributed by atoms with E-state index in [1.54, 1.807) is 11.3 Å². The number of nitrogens with one attached hydrogen (secondary N) is 1. The van der Waals surface area contributed by atoms with E-state index in [4.69, 9.17) is 0 Å². The Morgan fingerprint density at radius 3 is 2.79 bits per heavy atom. The van der Waals surface area contributed by atoms with Crippen LogP contribution in [0.5, 0.6) is 0 Å². The quantitative estimate of drug-likeness (QED) is 0.757. The molecule has 2 heterocycles. The fraction of sp³-hybridized carbons (Fsp3) is 0.500. The minimum absolute atomic E-state index is 0.921. The molecule has 0 radical (unpaired) electrons. The summed E-state index contributed by atoms with van der Waals surface area (Å²) in [6, 6.07) is 4.30. The van der Waals surface area contributed by atoms with E-state index < -0.39 is 0 Å². The number of hydrogen-bond acceptors (Lipinski definition) is 5. The number of hydrogen-bond donors (Lipinski definition) is 1. The third kappa shape index (κ3) is 4.30. The standard InChI is InChI=1S/C14H21N3S2/c1-3-17(4-2)14-16-11-13(19-14)10-15-8-7-12-6-5-9-18-12/h5-6,9,11,15H,3-4,7-8,10H2,1-2H3. The Morgan fingerprint density at radius 2 is 2.11 bits per heavy atom. The molecule has 0 aliphatic carbocycles. The van der Waals surface area contributed by atoms with Crippen LogP contribution in [0, 0.1) is 0 Å². The lowest BCUT2D eigenvalue weighted by atomic mass is 10.3. The molecule has 2 rings (SSSR count). The SMILES string of the molecule is CCN(CC)c1ncc(CNCCc2cccs2)s1. The highest BCUT2D eigenvalue weighted by Gasteiger charge is 2.07. The minimum Gasteiger partial charge on any atom is -0.349 e. The smallest absolute Gasteiger partial charge is 0.185 e. The highest BCUT2D eigenvalue weighted by atomic mass is 32.1. The first-order chi connectivity index (χ1) is 9.33. The van der Waals surface area contributed by atoms with Gasteiger partial charge in [-0.1, -0.05) is 6.07 Å². The van der Waals surface area contributed by atoms with Crippen LogP contribution in [0.25, 0.3) is 0 Å². The van der Waals surface area contributed by atoms with Gasteiger partial charge in [0, 0.05) is 42.1 Å². The molecule has 0 fully saturated rings. The Kier molecular flexibility index (Phi) is 5.82. The van der Waals surface area contributed by atoms with Crippen LogP contribution in [-0.4, -0.2) is 24.6 Å². The Morgan fingerprint density at radius 1 is 1.26 bits per heavy atom. The highest BCUT2D eigenvalue weighted by molar-refractivity contribution is 7.15. The lowest BCUT2D eigenvalue weighted by molar-refractivity contribution is 0.696. The van der Waals surface area contributed by atoms with Gasteiger partial charge in [-0.3, -0.25) is 0 Å². The second kappa shape index (κ2) is 7.62. The van der Waals surface area contributed by atoms with Crippen LogP contribution in [0.15, 0.2) is 23.7 Å². The Hall–Kier alpha value is -0.910. The van der Waals surface area contributed by atoms with Crippen LogP contribution in [0.4, 0.5) is 5.13 Å². The molecule has 0 bridgehead atoms. The van der Waals surface area contributed by atoms with E-state index in [-0.39, 0.29) is 0 Å². The summed E-state index contributed by atoms with van der Waals surface area (Å²) < 4.78 is 0. The average molecular weight is 295 g/mol. The molecule has 2 aromatic rings. The maximum atomic E-state index is 4.49. The van der Waals surface area contributed by atoms with Crippen LogP contribution in [-0.2, 0) is 13.0 Å². The van der Waals surface area contributed by atoms with Crippen molar-refractivity contribution in [1.29, 1.82) is 0 Å². The Balaban J connectivity index is 1.74. The molecule has 0 spiro atoms. The van der Waals surface area contributed by atoms with Gasteiger partial charge in [-0.15, -0.1) is 22.7 Å². The van der Waals surface area contributed by atoms with Gasteiger partial charge < -0.3 is 10.2 Å². The first-order valence-corrected chi connectivity index (χ1v) is 8.45. The van der Waals surface area contributed by atoms with Crippen molar-refractivity contribution in [2.75, 3.05) is 24.5 Å². The summed E-state index contributed by atoms with van der Waals surface area (Å²) in [5.74, 6) is 0. The molecule has 0 atom stereocenters. The van der Waals surface area contributed by atoms with Crippen LogP contribution < -0.4 is 10.2 Å². The molecule has 104 valence electrons. The van der Waals surface area contributed by atoms with Crippen molar-refractivity contribution in [3.05, 3.63) is 33.5 Å². The van der Waals surface area contributed by atoms with Crippen molar-refractivity contribution in [2.24, 2.45) is 0 Å². The number of anilines is 1. The fourth-order valence-electron chi connectivity index (χ4n) is 1.90. The Bertz CT molecular complexity index is 461. The van der Waals surface area contributed by atoms with Crippen LogP contribution >= 0.6 is 22.7 Å². The van der Waals surface area contributed by atoms with E-state index in [1.807, 2.05) is 17.5 Å². The zero-order chi connectivity index (χ0) is 13.5. The van der Waals surface area contributed by atoms with Crippen molar-refractivity contribution in [3.8, 4) is 0 Å². The van der Waals surface area contributed by atoms with Gasteiger partial charge >= 0.3 is 0 Å². The third-order valence-corrected chi connectivity index (χ3v) is 5.00. The molecule has 0 amide bonds. The predicted molar refractivity (Wildman–Crippen MR) is 85.4 cm³/mol. The van der Waals surface area contributed by atoms with Gasteiger partial charge in [-0.2, -0.15) is 0 Å². The van der Waals surface area contributed by atoms with Crippen molar-refractivity contribution in [1.82, 2.24) is 10.3 Å². The van der Waals surface area contributed by atoms with Crippen molar-refractivity contribution < 1.29 is 0 Å². The lowest BCUT2D eigenvalue weighted by Crippen LogP contribution is -2.21. The average Bonchev–Trinajstić information content (AvgIpc) is 3.08. The van der Waals surface area contributed by atoms with Gasteiger partial charge in [-0.25, -0.2) is 4.98 Å². The first-order valence-electron chi connectivity index (χ1n) is 6.76. The van der Waals surface area contributed by atoms with E-state index >= 15 is 0 Å². The summed E-state index contributed by atoms with van der Waals surface area (Å²) in [7, 11) is 0. The lowest BCUT2D eigenvalue weighted by Gasteiger charge is -2.16. The topological polar surface area (TPSA) is 28.2 Å². The molecule has 0 aromatic carbocycles. The first kappa shape index (κ1) is 14.5. The molecule has 19 heavy (non-hydrogen) atoms. The van der Waals surface area contributed by atoms with Gasteiger partial charge in [0.25, 0.3) is 0 Å². The summed E-state index contributed by atoms with van der Waals surface area (Å²) in [6.45, 7) is 8.33. The van der Waals surface area contributed by atoms with E-state index in [0.717, 1.165) is 37.7 Å². The van der Waals surface area contributed by atoms with Gasteiger partial charge in [0.2, 0.25) is 0 Å². The second-order valence-electron chi connectivity index (χ2n) is 4.29. The van der Waals surface area contributed by atoms with Crippen molar-refractivity contribution in [2.45, 2.75) is 26.8 Å². The number of rotatable bonds is 8. The van der Waals surface area contributed by atoms with Gasteiger partial charge in [0.05, 0.1) is 0 Å². The summed E-state index contributed by atoms with van der Waals surface area (Å²) in [4.78, 5) is 9.54. The number of nitrogens with zero attached hydrogens (tertiary/aromatic N) is 2. The predicted octanol–water partition coefficient (Wildman–Crippen LogP) is 3.38. The summed E-state index contributed by atoms with van der Waals surface area (Å²) in [6.07, 6.45) is 3.11. The van der Waals surface area contributed by atoms with E-state index in [0.29, 0.717) is 0 Å². The molecule has 5 heteroatoms. The van der Waals surface area contributed by atoms with Crippen molar-refractivity contribution >= 4 is 27.8 Å². The number of thiazole rings is 1. The zero-order valence-corrected chi connectivity index (χ0v) is 13.2. The van der Waals surface area contributed by atoms with Crippen LogP contribution in [0.3, 0.4) is 0 Å². The molecular weight excluding hydrogens is 274 g/mol. The normalized spacial score (nSPS) is 10.8. The minimum atomic E-state index is 0.921. The van der Waals surface area contributed by atoms with E-state index in [1.165, 1.54) is 9.75 Å². The second-order valence-corrected chi connectivity index (χ2v) is 6.41. The number of aromatic nitrogens is 1. The number of thiophene rings is 1. The monoisotopic (exact) mass is 295 g/mol. The molecule has 0 saturated heterocycles. The summed E-state index contributed by atoms with van der Waals surface area (Å²) >= 11 is 3.62. The van der Waals surface area contributed by atoms with Gasteiger partial charge in [0.15, 0.2) is 5.13 Å².